The number of hydrogen-bond donors (Lipinski definition) is 1. The zero-order valence-electron chi connectivity index (χ0n) is 12.0. The topological polar surface area (TPSA) is 21.3 Å². The van der Waals surface area contributed by atoms with Crippen molar-refractivity contribution in [2.75, 3.05) is 13.7 Å². The van der Waals surface area contributed by atoms with Gasteiger partial charge in [-0.3, -0.25) is 0 Å². The van der Waals surface area contributed by atoms with Crippen molar-refractivity contribution in [2.24, 2.45) is 0 Å². The van der Waals surface area contributed by atoms with Crippen molar-refractivity contribution < 1.29 is 4.74 Å². The van der Waals surface area contributed by atoms with Crippen LogP contribution < -0.4 is 10.1 Å². The zero-order valence-corrected chi connectivity index (χ0v) is 12.0. The summed E-state index contributed by atoms with van der Waals surface area (Å²) in [7, 11) is 1.73. The largest absolute Gasteiger partial charge is 0.496 e. The second-order valence-corrected chi connectivity index (χ2v) is 4.83. The van der Waals surface area contributed by atoms with Crippen LogP contribution in [-0.2, 0) is 0 Å². The first-order valence-electron chi connectivity index (χ1n) is 7.16. The Morgan fingerprint density at radius 2 is 1.83 bits per heavy atom. The minimum atomic E-state index is 0.354. The first kappa shape index (κ1) is 15.0. The van der Waals surface area contributed by atoms with Gasteiger partial charge in [-0.25, -0.2) is 0 Å². The van der Waals surface area contributed by atoms with Gasteiger partial charge < -0.3 is 10.1 Å². The average Bonchev–Trinajstić information content (AvgIpc) is 2.42. The van der Waals surface area contributed by atoms with E-state index in [9.17, 15) is 0 Å². The standard InChI is InChI=1S/C16H27NO/c1-4-5-6-7-10-13-17-14(2)15-11-8-9-12-16(15)18-3/h8-9,11-12,14,17H,4-7,10,13H2,1-3H3. The predicted octanol–water partition coefficient (Wildman–Crippen LogP) is 4.32. The van der Waals surface area contributed by atoms with Crippen molar-refractivity contribution >= 4 is 0 Å². The molecule has 2 heteroatoms. The lowest BCUT2D eigenvalue weighted by Crippen LogP contribution is -2.20. The van der Waals surface area contributed by atoms with Gasteiger partial charge in [-0.2, -0.15) is 0 Å². The Bertz CT molecular complexity index is 325. The number of unbranched alkanes of at least 4 members (excludes halogenated alkanes) is 4. The van der Waals surface area contributed by atoms with Crippen LogP contribution in [0.1, 0.15) is 57.6 Å². The summed E-state index contributed by atoms with van der Waals surface area (Å²) in [5, 5.41) is 3.57. The summed E-state index contributed by atoms with van der Waals surface area (Å²) >= 11 is 0. The van der Waals surface area contributed by atoms with Crippen LogP contribution in [0.4, 0.5) is 0 Å². The molecule has 0 saturated heterocycles. The smallest absolute Gasteiger partial charge is 0.123 e. The highest BCUT2D eigenvalue weighted by molar-refractivity contribution is 5.35. The molecule has 1 aromatic rings. The first-order valence-corrected chi connectivity index (χ1v) is 7.16. The average molecular weight is 249 g/mol. The molecular weight excluding hydrogens is 222 g/mol. The van der Waals surface area contributed by atoms with Gasteiger partial charge in [-0.05, 0) is 26.0 Å². The third-order valence-electron chi connectivity index (χ3n) is 3.34. The molecule has 0 heterocycles. The molecule has 0 aliphatic rings. The van der Waals surface area contributed by atoms with Gasteiger partial charge in [0.1, 0.15) is 5.75 Å². The molecule has 0 aromatic heterocycles. The van der Waals surface area contributed by atoms with Crippen LogP contribution in [0.2, 0.25) is 0 Å². The van der Waals surface area contributed by atoms with E-state index in [1.807, 2.05) is 12.1 Å². The van der Waals surface area contributed by atoms with Crippen molar-refractivity contribution in [3.63, 3.8) is 0 Å². The van der Waals surface area contributed by atoms with Gasteiger partial charge >= 0.3 is 0 Å². The summed E-state index contributed by atoms with van der Waals surface area (Å²) in [4.78, 5) is 0. The maximum atomic E-state index is 5.39. The summed E-state index contributed by atoms with van der Waals surface area (Å²) < 4.78 is 5.39. The molecule has 0 amide bonds. The van der Waals surface area contributed by atoms with Crippen LogP contribution in [0.5, 0.6) is 5.75 Å². The fraction of sp³-hybridized carbons (Fsp3) is 0.625. The summed E-state index contributed by atoms with van der Waals surface area (Å²) in [6.07, 6.45) is 6.63. The fourth-order valence-corrected chi connectivity index (χ4v) is 2.18. The van der Waals surface area contributed by atoms with E-state index in [1.54, 1.807) is 7.11 Å². The monoisotopic (exact) mass is 249 g/mol. The van der Waals surface area contributed by atoms with Crippen molar-refractivity contribution in [2.45, 2.75) is 52.0 Å². The third kappa shape index (κ3) is 5.09. The van der Waals surface area contributed by atoms with Crippen LogP contribution in [0.25, 0.3) is 0 Å². The molecule has 102 valence electrons. The molecule has 0 saturated carbocycles. The zero-order chi connectivity index (χ0) is 13.2. The minimum Gasteiger partial charge on any atom is -0.496 e. The van der Waals surface area contributed by atoms with E-state index in [0.717, 1.165) is 12.3 Å². The van der Waals surface area contributed by atoms with Crippen LogP contribution >= 0.6 is 0 Å². The minimum absolute atomic E-state index is 0.354. The number of benzene rings is 1. The second kappa shape index (κ2) is 8.98. The Morgan fingerprint density at radius 1 is 1.11 bits per heavy atom. The highest BCUT2D eigenvalue weighted by Crippen LogP contribution is 2.24. The van der Waals surface area contributed by atoms with Crippen LogP contribution in [0.3, 0.4) is 0 Å². The van der Waals surface area contributed by atoms with Crippen LogP contribution in [0.15, 0.2) is 24.3 Å². The van der Waals surface area contributed by atoms with E-state index in [2.05, 4.69) is 31.3 Å². The Kier molecular flexibility index (Phi) is 7.51. The predicted molar refractivity (Wildman–Crippen MR) is 78.2 cm³/mol. The molecule has 0 spiro atoms. The van der Waals surface area contributed by atoms with Gasteiger partial charge in [0.2, 0.25) is 0 Å². The lowest BCUT2D eigenvalue weighted by molar-refractivity contribution is 0.401. The van der Waals surface area contributed by atoms with Gasteiger partial charge in [0.15, 0.2) is 0 Å². The summed E-state index contributed by atoms with van der Waals surface area (Å²) in [5.74, 6) is 0.975. The van der Waals surface area contributed by atoms with Crippen molar-refractivity contribution in [3.8, 4) is 5.75 Å². The summed E-state index contributed by atoms with van der Waals surface area (Å²) in [6, 6.07) is 8.59. The molecule has 1 rings (SSSR count). The van der Waals surface area contributed by atoms with Gasteiger partial charge in [-0.15, -0.1) is 0 Å². The molecule has 0 aliphatic carbocycles. The third-order valence-corrected chi connectivity index (χ3v) is 3.34. The molecule has 1 atom stereocenters. The summed E-state index contributed by atoms with van der Waals surface area (Å²) in [6.45, 7) is 5.54. The van der Waals surface area contributed by atoms with E-state index >= 15 is 0 Å². The van der Waals surface area contributed by atoms with Crippen molar-refractivity contribution in [1.29, 1.82) is 0 Å². The fourth-order valence-electron chi connectivity index (χ4n) is 2.18. The number of nitrogens with one attached hydrogen (secondary N) is 1. The van der Waals surface area contributed by atoms with E-state index in [4.69, 9.17) is 4.74 Å². The van der Waals surface area contributed by atoms with Gasteiger partial charge in [-0.1, -0.05) is 50.8 Å². The van der Waals surface area contributed by atoms with Crippen molar-refractivity contribution in [1.82, 2.24) is 5.32 Å². The molecule has 0 fully saturated rings. The maximum Gasteiger partial charge on any atom is 0.123 e. The molecule has 0 bridgehead atoms. The molecule has 1 N–H and O–H groups in total. The Hall–Kier alpha value is -1.02. The van der Waals surface area contributed by atoms with E-state index < -0.39 is 0 Å². The van der Waals surface area contributed by atoms with Crippen molar-refractivity contribution in [3.05, 3.63) is 29.8 Å². The number of hydrogen-bond acceptors (Lipinski definition) is 2. The quantitative estimate of drug-likeness (QED) is 0.658. The normalized spacial score (nSPS) is 12.4. The highest BCUT2D eigenvalue weighted by Gasteiger charge is 2.09. The molecular formula is C16H27NO. The Morgan fingerprint density at radius 3 is 2.56 bits per heavy atom. The summed E-state index contributed by atoms with van der Waals surface area (Å²) in [5.41, 5.74) is 1.24. The van der Waals surface area contributed by atoms with Gasteiger partial charge in [0, 0.05) is 11.6 Å². The molecule has 18 heavy (non-hydrogen) atoms. The molecule has 0 aliphatic heterocycles. The lowest BCUT2D eigenvalue weighted by atomic mass is 10.1. The lowest BCUT2D eigenvalue weighted by Gasteiger charge is -2.17. The second-order valence-electron chi connectivity index (χ2n) is 4.83. The molecule has 0 radical (unpaired) electrons. The number of ether oxygens (including phenoxy) is 1. The number of methoxy groups -OCH3 is 1. The van der Waals surface area contributed by atoms with E-state index in [1.165, 1.54) is 37.7 Å². The highest BCUT2D eigenvalue weighted by atomic mass is 16.5. The van der Waals surface area contributed by atoms with Gasteiger partial charge in [0.25, 0.3) is 0 Å². The molecule has 2 nitrogen and oxygen atoms in total. The molecule has 1 unspecified atom stereocenters. The first-order chi connectivity index (χ1) is 8.79. The number of rotatable bonds is 9. The Balaban J connectivity index is 2.29. The van der Waals surface area contributed by atoms with E-state index in [0.29, 0.717) is 6.04 Å². The maximum absolute atomic E-state index is 5.39. The van der Waals surface area contributed by atoms with Gasteiger partial charge in [0.05, 0.1) is 7.11 Å². The number of para-hydroxylation sites is 1. The molecule has 1 aromatic carbocycles. The van der Waals surface area contributed by atoms with Crippen LogP contribution in [-0.4, -0.2) is 13.7 Å². The SMILES string of the molecule is CCCCCCCNC(C)c1ccccc1OC. The van der Waals surface area contributed by atoms with Crippen LogP contribution in [0, 0.1) is 0 Å². The Labute approximate surface area is 112 Å². The van der Waals surface area contributed by atoms with E-state index in [-0.39, 0.29) is 0 Å².